The van der Waals surface area contributed by atoms with E-state index in [9.17, 15) is 0 Å². The molecule has 0 amide bonds. The molecule has 3 aromatic rings. The van der Waals surface area contributed by atoms with Crippen molar-refractivity contribution in [2.75, 3.05) is 27.8 Å². The molecule has 3 N–H and O–H groups in total. The maximum absolute atomic E-state index is 5.81. The van der Waals surface area contributed by atoms with Crippen molar-refractivity contribution in [3.8, 4) is 11.5 Å². The van der Waals surface area contributed by atoms with Gasteiger partial charge in [0.05, 0.1) is 32.5 Å². The third-order valence-corrected chi connectivity index (χ3v) is 5.02. The van der Waals surface area contributed by atoms with Crippen LogP contribution >= 0.6 is 0 Å². The number of rotatable bonds is 8. The van der Waals surface area contributed by atoms with Crippen LogP contribution in [0.3, 0.4) is 0 Å². The molecule has 0 aliphatic heterocycles. The molecule has 0 aliphatic carbocycles. The van der Waals surface area contributed by atoms with Gasteiger partial charge in [-0.25, -0.2) is 4.98 Å². The molecule has 0 aliphatic rings. The second-order valence-corrected chi connectivity index (χ2v) is 8.41. The largest absolute Gasteiger partial charge is 0.497 e. The van der Waals surface area contributed by atoms with Crippen molar-refractivity contribution in [1.82, 2.24) is 20.6 Å². The third-order valence-electron chi connectivity index (χ3n) is 5.02. The number of hydrogen-bond acceptors (Lipinski definition) is 5. The summed E-state index contributed by atoms with van der Waals surface area (Å²) in [6, 6.07) is 6.02. The van der Waals surface area contributed by atoms with E-state index in [1.165, 1.54) is 0 Å². The van der Waals surface area contributed by atoms with Gasteiger partial charge in [0.2, 0.25) is 5.89 Å². The van der Waals surface area contributed by atoms with Crippen LogP contribution in [0.15, 0.2) is 33.8 Å². The predicted molar refractivity (Wildman–Crippen MR) is 123 cm³/mol. The summed E-state index contributed by atoms with van der Waals surface area (Å²) in [6.07, 6.45) is 3.64. The number of nitrogens with zero attached hydrogens (tertiary/aromatic N) is 2. The lowest BCUT2D eigenvalue weighted by Crippen LogP contribution is -2.37. The van der Waals surface area contributed by atoms with Crippen LogP contribution in [-0.4, -0.2) is 43.7 Å². The summed E-state index contributed by atoms with van der Waals surface area (Å²) in [4.78, 5) is 12.1. The average molecular weight is 428 g/mol. The highest BCUT2D eigenvalue weighted by atomic mass is 16.5. The maximum Gasteiger partial charge on any atom is 0.213 e. The molecule has 2 aromatic heterocycles. The van der Waals surface area contributed by atoms with Crippen molar-refractivity contribution < 1.29 is 13.9 Å². The second kappa shape index (κ2) is 9.76. The minimum atomic E-state index is -0.0526. The molecule has 0 bridgehead atoms. The first-order chi connectivity index (χ1) is 14.8. The lowest BCUT2D eigenvalue weighted by molar-refractivity contribution is 0.379. The number of hydrogen-bond donors (Lipinski definition) is 3. The molecular weight excluding hydrogens is 394 g/mol. The Balaban J connectivity index is 1.48. The van der Waals surface area contributed by atoms with Crippen LogP contribution in [0.5, 0.6) is 11.5 Å². The number of benzene rings is 1. The van der Waals surface area contributed by atoms with Gasteiger partial charge in [0, 0.05) is 42.2 Å². The Bertz CT molecular complexity index is 1030. The van der Waals surface area contributed by atoms with Gasteiger partial charge < -0.3 is 29.5 Å². The summed E-state index contributed by atoms with van der Waals surface area (Å²) in [5.41, 5.74) is 2.11. The number of oxazole rings is 1. The van der Waals surface area contributed by atoms with Crippen LogP contribution < -0.4 is 20.1 Å². The molecule has 2 heterocycles. The first-order valence-corrected chi connectivity index (χ1v) is 10.5. The van der Waals surface area contributed by atoms with E-state index in [2.05, 4.69) is 52.4 Å². The molecule has 0 atom stereocenters. The van der Waals surface area contributed by atoms with Crippen molar-refractivity contribution >= 4 is 16.9 Å². The first-order valence-electron chi connectivity index (χ1n) is 10.5. The van der Waals surface area contributed by atoms with Crippen LogP contribution in [0.2, 0.25) is 0 Å². The third kappa shape index (κ3) is 5.71. The number of nitrogens with one attached hydrogen (secondary N) is 3. The van der Waals surface area contributed by atoms with Crippen LogP contribution in [0.25, 0.3) is 10.9 Å². The average Bonchev–Trinajstić information content (AvgIpc) is 3.39. The smallest absolute Gasteiger partial charge is 0.213 e. The van der Waals surface area contributed by atoms with Crippen molar-refractivity contribution in [3.05, 3.63) is 41.7 Å². The lowest BCUT2D eigenvalue weighted by Gasteiger charge is -2.13. The van der Waals surface area contributed by atoms with Crippen molar-refractivity contribution in [3.63, 3.8) is 0 Å². The van der Waals surface area contributed by atoms with Crippen LogP contribution in [0.4, 0.5) is 0 Å². The monoisotopic (exact) mass is 427 g/mol. The van der Waals surface area contributed by atoms with Gasteiger partial charge >= 0.3 is 0 Å². The fourth-order valence-corrected chi connectivity index (χ4v) is 3.26. The number of ether oxygens (including phenoxy) is 2. The van der Waals surface area contributed by atoms with Gasteiger partial charge in [0.1, 0.15) is 17.3 Å². The Morgan fingerprint density at radius 3 is 2.61 bits per heavy atom. The number of aliphatic imine (C=N–C) groups is 1. The van der Waals surface area contributed by atoms with E-state index in [1.807, 2.05) is 12.1 Å². The van der Waals surface area contributed by atoms with Gasteiger partial charge in [-0.1, -0.05) is 20.8 Å². The van der Waals surface area contributed by atoms with E-state index >= 15 is 0 Å². The van der Waals surface area contributed by atoms with Gasteiger partial charge in [0.25, 0.3) is 0 Å². The molecule has 8 heteroatoms. The van der Waals surface area contributed by atoms with E-state index in [0.717, 1.165) is 59.2 Å². The van der Waals surface area contributed by atoms with Gasteiger partial charge in [-0.15, -0.1) is 0 Å². The second-order valence-electron chi connectivity index (χ2n) is 8.41. The molecule has 1 aromatic carbocycles. The number of aryl methyl sites for hydroxylation is 1. The minimum Gasteiger partial charge on any atom is -0.497 e. The Kier molecular flexibility index (Phi) is 7.09. The standard InChI is InChI=1S/C23H33N5O3/c1-23(2,3)20-13-26-21(31-20)14-27-22(24-4)25-9-7-8-15-10-17-18(28-15)11-16(29-5)12-19(17)30-6/h10-13,28H,7-9,14H2,1-6H3,(H2,24,25,27). The summed E-state index contributed by atoms with van der Waals surface area (Å²) >= 11 is 0. The lowest BCUT2D eigenvalue weighted by atomic mass is 9.94. The molecule has 0 spiro atoms. The van der Waals surface area contributed by atoms with Crippen LogP contribution in [0, 0.1) is 0 Å². The Morgan fingerprint density at radius 2 is 1.97 bits per heavy atom. The van der Waals surface area contributed by atoms with Crippen molar-refractivity contribution in [2.45, 2.75) is 45.6 Å². The number of H-pyrrole nitrogens is 1. The van der Waals surface area contributed by atoms with Gasteiger partial charge in [-0.2, -0.15) is 0 Å². The molecule has 31 heavy (non-hydrogen) atoms. The number of fused-ring (bicyclic) bond motifs is 1. The van der Waals surface area contributed by atoms with Gasteiger partial charge in [-0.3, -0.25) is 4.99 Å². The summed E-state index contributed by atoms with van der Waals surface area (Å²) in [6.45, 7) is 7.58. The molecule has 0 fully saturated rings. The number of aromatic amines is 1. The molecule has 0 radical (unpaired) electrons. The Hall–Kier alpha value is -3.16. The van der Waals surface area contributed by atoms with E-state index in [4.69, 9.17) is 13.9 Å². The highest BCUT2D eigenvalue weighted by Crippen LogP contribution is 2.31. The fourth-order valence-electron chi connectivity index (χ4n) is 3.26. The van der Waals surface area contributed by atoms with Gasteiger partial charge in [-0.05, 0) is 18.9 Å². The Labute approximate surface area is 183 Å². The summed E-state index contributed by atoms with van der Waals surface area (Å²) in [5, 5.41) is 7.63. The van der Waals surface area contributed by atoms with E-state index < -0.39 is 0 Å². The SMILES string of the molecule is CN=C(NCCCc1cc2c(OC)cc(OC)cc2[nH]1)NCc1ncc(C(C)(C)C)o1. The molecule has 0 unspecified atom stereocenters. The number of guanidine groups is 1. The summed E-state index contributed by atoms with van der Waals surface area (Å²) in [5.74, 6) is 3.82. The molecule has 168 valence electrons. The van der Waals surface area contributed by atoms with Crippen molar-refractivity contribution in [2.24, 2.45) is 4.99 Å². The molecular formula is C23H33N5O3. The van der Waals surface area contributed by atoms with Crippen molar-refractivity contribution in [1.29, 1.82) is 0 Å². The molecule has 0 saturated heterocycles. The zero-order valence-corrected chi connectivity index (χ0v) is 19.3. The quantitative estimate of drug-likeness (QED) is 0.288. The van der Waals surface area contributed by atoms with E-state index in [1.54, 1.807) is 27.5 Å². The fraction of sp³-hybridized carbons (Fsp3) is 0.478. The van der Waals surface area contributed by atoms with E-state index in [-0.39, 0.29) is 5.41 Å². The summed E-state index contributed by atoms with van der Waals surface area (Å²) < 4.78 is 16.6. The maximum atomic E-state index is 5.81. The summed E-state index contributed by atoms with van der Waals surface area (Å²) in [7, 11) is 5.08. The minimum absolute atomic E-state index is 0.0526. The number of aromatic nitrogens is 2. The van der Waals surface area contributed by atoms with Gasteiger partial charge in [0.15, 0.2) is 5.96 Å². The zero-order valence-electron chi connectivity index (χ0n) is 19.3. The predicted octanol–water partition coefficient (Wildman–Crippen LogP) is 3.77. The molecule has 3 rings (SSSR count). The zero-order chi connectivity index (χ0) is 22.4. The first kappa shape index (κ1) is 22.5. The Morgan fingerprint density at radius 1 is 1.16 bits per heavy atom. The van der Waals surface area contributed by atoms with Crippen LogP contribution in [0.1, 0.15) is 44.5 Å². The van der Waals surface area contributed by atoms with E-state index in [0.29, 0.717) is 12.4 Å². The highest BCUT2D eigenvalue weighted by Gasteiger charge is 2.19. The molecule has 8 nitrogen and oxygen atoms in total. The number of methoxy groups -OCH3 is 2. The highest BCUT2D eigenvalue weighted by molar-refractivity contribution is 5.88. The molecule has 0 saturated carbocycles. The normalized spacial score (nSPS) is 12.3. The van der Waals surface area contributed by atoms with Crippen LogP contribution in [-0.2, 0) is 18.4 Å². The topological polar surface area (TPSA) is 96.7 Å².